The molecule has 0 fully saturated rings. The summed E-state index contributed by atoms with van der Waals surface area (Å²) in [7, 11) is 0. The highest BCUT2D eigenvalue weighted by atomic mass is 32.1. The van der Waals surface area contributed by atoms with E-state index < -0.39 is 11.7 Å². The number of hydrogen-bond donors (Lipinski definition) is 2. The SMILES string of the molecule is CC(=O)Nc1nc2ccc(NC(=O)c3ccccc3F)cc2s1. The second-order valence-corrected chi connectivity index (χ2v) is 5.85. The Bertz CT molecular complexity index is 907. The van der Waals surface area contributed by atoms with Gasteiger partial charge in [-0.1, -0.05) is 23.5 Å². The van der Waals surface area contributed by atoms with Crippen LogP contribution >= 0.6 is 11.3 Å². The summed E-state index contributed by atoms with van der Waals surface area (Å²) >= 11 is 1.30. The van der Waals surface area contributed by atoms with Crippen molar-refractivity contribution in [3.63, 3.8) is 0 Å². The summed E-state index contributed by atoms with van der Waals surface area (Å²) in [5, 5.41) is 5.76. The number of carbonyl (C=O) groups excluding carboxylic acids is 2. The van der Waals surface area contributed by atoms with Gasteiger partial charge in [0, 0.05) is 12.6 Å². The Kier molecular flexibility index (Phi) is 4.03. The zero-order valence-corrected chi connectivity index (χ0v) is 12.9. The molecule has 116 valence electrons. The fourth-order valence-electron chi connectivity index (χ4n) is 2.05. The molecule has 0 saturated carbocycles. The van der Waals surface area contributed by atoms with E-state index in [0.29, 0.717) is 16.3 Å². The zero-order valence-electron chi connectivity index (χ0n) is 12.1. The summed E-state index contributed by atoms with van der Waals surface area (Å²) in [5.74, 6) is -1.29. The minimum Gasteiger partial charge on any atom is -0.322 e. The summed E-state index contributed by atoms with van der Waals surface area (Å²) in [6, 6.07) is 10.9. The molecule has 3 aromatic rings. The van der Waals surface area contributed by atoms with Gasteiger partial charge in [-0.05, 0) is 30.3 Å². The Labute approximate surface area is 135 Å². The molecule has 0 atom stereocenters. The molecule has 0 bridgehead atoms. The summed E-state index contributed by atoms with van der Waals surface area (Å²) in [5.41, 5.74) is 1.22. The maximum absolute atomic E-state index is 13.6. The fourth-order valence-corrected chi connectivity index (χ4v) is 3.00. The van der Waals surface area contributed by atoms with E-state index in [1.54, 1.807) is 24.3 Å². The average molecular weight is 329 g/mol. The van der Waals surface area contributed by atoms with E-state index in [0.717, 1.165) is 4.70 Å². The molecule has 2 amide bonds. The average Bonchev–Trinajstić information content (AvgIpc) is 2.88. The molecule has 0 aliphatic rings. The summed E-state index contributed by atoms with van der Waals surface area (Å²) < 4.78 is 14.4. The molecule has 0 aliphatic heterocycles. The first-order valence-electron chi connectivity index (χ1n) is 6.77. The van der Waals surface area contributed by atoms with Crippen molar-refractivity contribution in [1.82, 2.24) is 4.98 Å². The lowest BCUT2D eigenvalue weighted by Crippen LogP contribution is -2.13. The third-order valence-electron chi connectivity index (χ3n) is 3.05. The molecule has 3 rings (SSSR count). The molecule has 2 N–H and O–H groups in total. The van der Waals surface area contributed by atoms with Gasteiger partial charge < -0.3 is 10.6 Å². The number of anilines is 2. The van der Waals surface area contributed by atoms with Crippen LogP contribution in [0.4, 0.5) is 15.2 Å². The Morgan fingerprint density at radius 1 is 1.13 bits per heavy atom. The molecule has 0 unspecified atom stereocenters. The Hall–Kier alpha value is -2.80. The standard InChI is InChI=1S/C16H12FN3O2S/c1-9(21)18-16-20-13-7-6-10(8-14(13)23-16)19-15(22)11-4-2-3-5-12(11)17/h2-8H,1H3,(H,19,22)(H,18,20,21). The molecule has 0 aliphatic carbocycles. The van der Waals surface area contributed by atoms with Crippen LogP contribution < -0.4 is 10.6 Å². The Balaban J connectivity index is 1.84. The summed E-state index contributed by atoms with van der Waals surface area (Å²) in [6.45, 7) is 1.41. The predicted octanol–water partition coefficient (Wildman–Crippen LogP) is 3.65. The lowest BCUT2D eigenvalue weighted by Gasteiger charge is -2.05. The first-order chi connectivity index (χ1) is 11.0. The van der Waals surface area contributed by atoms with Gasteiger partial charge in [0.25, 0.3) is 5.91 Å². The number of benzene rings is 2. The number of halogens is 1. The smallest absolute Gasteiger partial charge is 0.258 e. The number of amides is 2. The van der Waals surface area contributed by atoms with Gasteiger partial charge in [-0.3, -0.25) is 9.59 Å². The summed E-state index contributed by atoms with van der Waals surface area (Å²) in [6.07, 6.45) is 0. The van der Waals surface area contributed by atoms with Crippen molar-refractivity contribution in [3.8, 4) is 0 Å². The molecule has 7 heteroatoms. The predicted molar refractivity (Wildman–Crippen MR) is 88.3 cm³/mol. The number of rotatable bonds is 3. The second kappa shape index (κ2) is 6.13. The van der Waals surface area contributed by atoms with E-state index in [2.05, 4.69) is 15.6 Å². The van der Waals surface area contributed by atoms with E-state index in [4.69, 9.17) is 0 Å². The quantitative estimate of drug-likeness (QED) is 0.770. The van der Waals surface area contributed by atoms with Crippen LogP contribution in [-0.4, -0.2) is 16.8 Å². The first kappa shape index (κ1) is 15.1. The van der Waals surface area contributed by atoms with Crippen LogP contribution in [0.25, 0.3) is 10.2 Å². The molecule has 1 heterocycles. The molecule has 5 nitrogen and oxygen atoms in total. The van der Waals surface area contributed by atoms with E-state index in [-0.39, 0.29) is 11.5 Å². The van der Waals surface area contributed by atoms with Crippen molar-refractivity contribution < 1.29 is 14.0 Å². The van der Waals surface area contributed by atoms with Crippen LogP contribution in [0.15, 0.2) is 42.5 Å². The molecule has 1 aromatic heterocycles. The molecule has 0 saturated heterocycles. The molecule has 0 spiro atoms. The highest BCUT2D eigenvalue weighted by Crippen LogP contribution is 2.28. The van der Waals surface area contributed by atoms with Gasteiger partial charge >= 0.3 is 0 Å². The number of thiazole rings is 1. The maximum atomic E-state index is 13.6. The van der Waals surface area contributed by atoms with Crippen molar-refractivity contribution in [1.29, 1.82) is 0 Å². The lowest BCUT2D eigenvalue weighted by atomic mass is 10.2. The van der Waals surface area contributed by atoms with E-state index in [1.807, 2.05) is 0 Å². The van der Waals surface area contributed by atoms with Gasteiger partial charge in [0.2, 0.25) is 5.91 Å². The Morgan fingerprint density at radius 2 is 1.91 bits per heavy atom. The third-order valence-corrected chi connectivity index (χ3v) is 3.98. The number of nitrogens with zero attached hydrogens (tertiary/aromatic N) is 1. The number of hydrogen-bond acceptors (Lipinski definition) is 4. The lowest BCUT2D eigenvalue weighted by molar-refractivity contribution is -0.114. The highest BCUT2D eigenvalue weighted by molar-refractivity contribution is 7.22. The van der Waals surface area contributed by atoms with Crippen molar-refractivity contribution in [3.05, 3.63) is 53.8 Å². The van der Waals surface area contributed by atoms with E-state index in [1.165, 1.54) is 36.5 Å². The molecule has 2 aromatic carbocycles. The van der Waals surface area contributed by atoms with Crippen LogP contribution in [0.2, 0.25) is 0 Å². The van der Waals surface area contributed by atoms with Gasteiger partial charge in [-0.25, -0.2) is 9.37 Å². The molecule has 23 heavy (non-hydrogen) atoms. The van der Waals surface area contributed by atoms with Crippen LogP contribution in [-0.2, 0) is 4.79 Å². The minimum absolute atomic E-state index is 0.0177. The number of carbonyl (C=O) groups is 2. The normalized spacial score (nSPS) is 10.5. The van der Waals surface area contributed by atoms with Crippen LogP contribution in [0.3, 0.4) is 0 Å². The minimum atomic E-state index is -0.572. The summed E-state index contributed by atoms with van der Waals surface area (Å²) in [4.78, 5) is 27.4. The Morgan fingerprint density at radius 3 is 2.65 bits per heavy atom. The topological polar surface area (TPSA) is 71.1 Å². The maximum Gasteiger partial charge on any atom is 0.258 e. The van der Waals surface area contributed by atoms with Gasteiger partial charge in [-0.15, -0.1) is 0 Å². The van der Waals surface area contributed by atoms with Gasteiger partial charge in [0.15, 0.2) is 5.13 Å². The van der Waals surface area contributed by atoms with Gasteiger partial charge in [0.05, 0.1) is 15.8 Å². The first-order valence-corrected chi connectivity index (χ1v) is 7.58. The van der Waals surface area contributed by atoms with Crippen molar-refractivity contribution >= 4 is 44.2 Å². The third kappa shape index (κ3) is 3.35. The van der Waals surface area contributed by atoms with E-state index >= 15 is 0 Å². The monoisotopic (exact) mass is 329 g/mol. The zero-order chi connectivity index (χ0) is 16.4. The second-order valence-electron chi connectivity index (χ2n) is 4.82. The number of nitrogens with one attached hydrogen (secondary N) is 2. The van der Waals surface area contributed by atoms with Crippen molar-refractivity contribution in [2.45, 2.75) is 6.92 Å². The van der Waals surface area contributed by atoms with Crippen LogP contribution in [0, 0.1) is 5.82 Å². The number of aromatic nitrogens is 1. The van der Waals surface area contributed by atoms with E-state index in [9.17, 15) is 14.0 Å². The fraction of sp³-hybridized carbons (Fsp3) is 0.0625. The van der Waals surface area contributed by atoms with Crippen LogP contribution in [0.5, 0.6) is 0 Å². The van der Waals surface area contributed by atoms with Gasteiger partial charge in [-0.2, -0.15) is 0 Å². The highest BCUT2D eigenvalue weighted by Gasteiger charge is 2.12. The van der Waals surface area contributed by atoms with Crippen molar-refractivity contribution in [2.24, 2.45) is 0 Å². The van der Waals surface area contributed by atoms with Gasteiger partial charge in [0.1, 0.15) is 5.82 Å². The molecular formula is C16H12FN3O2S. The van der Waals surface area contributed by atoms with Crippen LogP contribution in [0.1, 0.15) is 17.3 Å². The number of fused-ring (bicyclic) bond motifs is 1. The molecule has 0 radical (unpaired) electrons. The van der Waals surface area contributed by atoms with Crippen molar-refractivity contribution in [2.75, 3.05) is 10.6 Å². The largest absolute Gasteiger partial charge is 0.322 e. The molecular weight excluding hydrogens is 317 g/mol.